The normalized spacial score (nSPS) is 11.5. The van der Waals surface area contributed by atoms with Gasteiger partial charge in [-0.05, 0) is 100 Å². The first kappa shape index (κ1) is 27.3. The molecular weight excluding hydrogens is 565 g/mol. The van der Waals surface area contributed by atoms with Crippen LogP contribution in [-0.4, -0.2) is 0 Å². The van der Waals surface area contributed by atoms with Gasteiger partial charge in [0.15, 0.2) is 0 Å². The Morgan fingerprint density at radius 3 is 1.49 bits per heavy atom. The van der Waals surface area contributed by atoms with Crippen LogP contribution in [0.5, 0.6) is 0 Å². The van der Waals surface area contributed by atoms with Gasteiger partial charge in [0.05, 0.1) is 0 Å². The first-order valence-electron chi connectivity index (χ1n) is 16.4. The summed E-state index contributed by atoms with van der Waals surface area (Å²) >= 11 is 0. The first-order chi connectivity index (χ1) is 23.3. The van der Waals surface area contributed by atoms with Gasteiger partial charge in [-0.15, -0.1) is 0 Å². The maximum atomic E-state index is 2.42. The van der Waals surface area contributed by atoms with E-state index in [9.17, 15) is 0 Å². The predicted molar refractivity (Wildman–Crippen MR) is 202 cm³/mol. The Kier molecular flexibility index (Phi) is 6.65. The second kappa shape index (κ2) is 11.4. The summed E-state index contributed by atoms with van der Waals surface area (Å²) in [6, 6.07) is 66.6. The van der Waals surface area contributed by atoms with Gasteiger partial charge in [0.1, 0.15) is 0 Å². The van der Waals surface area contributed by atoms with Crippen molar-refractivity contribution in [2.75, 3.05) is 0 Å². The molecule has 47 heavy (non-hydrogen) atoms. The lowest BCUT2D eigenvalue weighted by Gasteiger charge is -2.21. The minimum Gasteiger partial charge on any atom is -0.0622 e. The van der Waals surface area contributed by atoms with Crippen molar-refractivity contribution in [1.82, 2.24) is 0 Å². The molecular formula is C47H32. The van der Waals surface area contributed by atoms with Crippen LogP contribution in [0.15, 0.2) is 182 Å². The molecule has 0 amide bonds. The number of rotatable bonds is 5. The Labute approximate surface area is 275 Å². The molecule has 0 fully saturated rings. The first-order valence-corrected chi connectivity index (χ1v) is 16.4. The lowest BCUT2D eigenvalue weighted by atomic mass is 9.82. The summed E-state index contributed by atoms with van der Waals surface area (Å²) in [5.74, 6) is 0. The SMILES string of the molecule is c1ccc(-c2ccccc2Cc2c3ccccc3c(-c3cc4ccccc4c4c(-c5ccccc5)cccc34)c3ccccc23)cc1. The molecule has 0 nitrogen and oxygen atoms in total. The highest BCUT2D eigenvalue weighted by Crippen LogP contribution is 2.46. The minimum absolute atomic E-state index is 0.850. The quantitative estimate of drug-likeness (QED) is 0.137. The molecule has 0 atom stereocenters. The standard InChI is InChI=1S/C47H32/c1-3-16-32(17-4-1)36-22-9-7-20-34(36)30-44-39-24-11-13-26-41(39)47(42-27-14-12-25-40(42)44)45-31-35-21-8-10-23-38(35)46-37(28-15-29-43(45)46)33-18-5-2-6-19-33/h1-29,31H,30H2. The summed E-state index contributed by atoms with van der Waals surface area (Å²) in [6.45, 7) is 0. The molecule has 9 rings (SSSR count). The molecule has 0 aliphatic heterocycles. The van der Waals surface area contributed by atoms with Gasteiger partial charge in [-0.2, -0.15) is 0 Å². The summed E-state index contributed by atoms with van der Waals surface area (Å²) in [6.07, 6.45) is 0.850. The van der Waals surface area contributed by atoms with Gasteiger partial charge in [-0.1, -0.05) is 176 Å². The Morgan fingerprint density at radius 1 is 0.319 bits per heavy atom. The summed E-state index contributed by atoms with van der Waals surface area (Å²) in [7, 11) is 0. The smallest absolute Gasteiger partial charge is 0.000728 e. The number of hydrogen-bond acceptors (Lipinski definition) is 0. The van der Waals surface area contributed by atoms with Crippen molar-refractivity contribution in [1.29, 1.82) is 0 Å². The molecule has 0 heteroatoms. The zero-order valence-corrected chi connectivity index (χ0v) is 26.0. The van der Waals surface area contributed by atoms with Gasteiger partial charge in [0.25, 0.3) is 0 Å². The molecule has 0 heterocycles. The van der Waals surface area contributed by atoms with E-state index in [1.165, 1.54) is 87.6 Å². The Morgan fingerprint density at radius 2 is 0.809 bits per heavy atom. The van der Waals surface area contributed by atoms with Crippen LogP contribution in [0.4, 0.5) is 0 Å². The summed E-state index contributed by atoms with van der Waals surface area (Å²) in [5.41, 5.74) is 10.3. The fourth-order valence-electron chi connectivity index (χ4n) is 7.68. The minimum atomic E-state index is 0.850. The highest BCUT2D eigenvalue weighted by Gasteiger charge is 2.20. The van der Waals surface area contributed by atoms with Crippen molar-refractivity contribution in [2.24, 2.45) is 0 Å². The van der Waals surface area contributed by atoms with Crippen molar-refractivity contribution in [2.45, 2.75) is 6.42 Å². The molecule has 0 aliphatic rings. The summed E-state index contributed by atoms with van der Waals surface area (Å²) in [4.78, 5) is 0. The maximum Gasteiger partial charge on any atom is -0.000728 e. The van der Waals surface area contributed by atoms with Crippen LogP contribution in [0.1, 0.15) is 11.1 Å². The molecule has 0 spiro atoms. The van der Waals surface area contributed by atoms with E-state index in [2.05, 4.69) is 182 Å². The van der Waals surface area contributed by atoms with Gasteiger partial charge in [0.2, 0.25) is 0 Å². The number of benzene rings is 9. The third-order valence-electron chi connectivity index (χ3n) is 9.75. The second-order valence-electron chi connectivity index (χ2n) is 12.4. The van der Waals surface area contributed by atoms with Crippen molar-refractivity contribution in [3.63, 3.8) is 0 Å². The average molecular weight is 597 g/mol. The van der Waals surface area contributed by atoms with E-state index in [1.54, 1.807) is 0 Å². The Bertz CT molecular complexity index is 2520. The molecule has 0 saturated heterocycles. The Balaban J connectivity index is 1.36. The van der Waals surface area contributed by atoms with Crippen molar-refractivity contribution in [3.05, 3.63) is 193 Å². The summed E-state index contributed by atoms with van der Waals surface area (Å²) in [5, 5.41) is 10.3. The number of fused-ring (bicyclic) bond motifs is 5. The van der Waals surface area contributed by atoms with Gasteiger partial charge < -0.3 is 0 Å². The van der Waals surface area contributed by atoms with Gasteiger partial charge in [-0.3, -0.25) is 0 Å². The second-order valence-corrected chi connectivity index (χ2v) is 12.4. The maximum absolute atomic E-state index is 2.42. The molecule has 0 bridgehead atoms. The molecule has 9 aromatic rings. The fraction of sp³-hybridized carbons (Fsp3) is 0.0213. The van der Waals surface area contributed by atoms with Crippen LogP contribution in [0.25, 0.3) is 76.5 Å². The largest absolute Gasteiger partial charge is 0.0622 e. The highest BCUT2D eigenvalue weighted by molar-refractivity contribution is 6.24. The third kappa shape index (κ3) is 4.61. The molecule has 0 radical (unpaired) electrons. The average Bonchev–Trinajstić information content (AvgIpc) is 3.15. The van der Waals surface area contributed by atoms with E-state index in [-0.39, 0.29) is 0 Å². The molecule has 9 aromatic carbocycles. The zero-order chi connectivity index (χ0) is 31.2. The van der Waals surface area contributed by atoms with Gasteiger partial charge in [-0.25, -0.2) is 0 Å². The van der Waals surface area contributed by atoms with Crippen LogP contribution in [0, 0.1) is 0 Å². The predicted octanol–water partition coefficient (Wildman–Crippen LogP) is 12.9. The van der Waals surface area contributed by atoms with Crippen molar-refractivity contribution < 1.29 is 0 Å². The Hall–Kier alpha value is -5.98. The van der Waals surface area contributed by atoms with E-state index in [4.69, 9.17) is 0 Å². The third-order valence-corrected chi connectivity index (χ3v) is 9.75. The van der Waals surface area contributed by atoms with Gasteiger partial charge >= 0.3 is 0 Å². The lowest BCUT2D eigenvalue weighted by Crippen LogP contribution is -1.98. The van der Waals surface area contributed by atoms with E-state index >= 15 is 0 Å². The highest BCUT2D eigenvalue weighted by atomic mass is 14.2. The molecule has 0 N–H and O–H groups in total. The van der Waals surface area contributed by atoms with Crippen molar-refractivity contribution >= 4 is 43.1 Å². The van der Waals surface area contributed by atoms with Crippen LogP contribution < -0.4 is 0 Å². The van der Waals surface area contributed by atoms with Crippen molar-refractivity contribution in [3.8, 4) is 33.4 Å². The van der Waals surface area contributed by atoms with E-state index in [1.807, 2.05) is 0 Å². The van der Waals surface area contributed by atoms with Crippen LogP contribution in [0.3, 0.4) is 0 Å². The molecule has 0 aliphatic carbocycles. The van der Waals surface area contributed by atoms with Crippen LogP contribution in [0.2, 0.25) is 0 Å². The zero-order valence-electron chi connectivity index (χ0n) is 26.0. The topological polar surface area (TPSA) is 0 Å². The van der Waals surface area contributed by atoms with E-state index in [0.717, 1.165) is 6.42 Å². The monoisotopic (exact) mass is 596 g/mol. The van der Waals surface area contributed by atoms with Crippen LogP contribution in [-0.2, 0) is 6.42 Å². The summed E-state index contributed by atoms with van der Waals surface area (Å²) < 4.78 is 0. The lowest BCUT2D eigenvalue weighted by molar-refractivity contribution is 1.23. The van der Waals surface area contributed by atoms with E-state index in [0.29, 0.717) is 0 Å². The molecule has 0 unspecified atom stereocenters. The van der Waals surface area contributed by atoms with E-state index < -0.39 is 0 Å². The fourth-order valence-corrected chi connectivity index (χ4v) is 7.68. The molecule has 220 valence electrons. The van der Waals surface area contributed by atoms with Crippen LogP contribution >= 0.6 is 0 Å². The number of hydrogen-bond donors (Lipinski definition) is 0. The molecule has 0 aromatic heterocycles. The molecule has 0 saturated carbocycles. The van der Waals surface area contributed by atoms with Gasteiger partial charge in [0, 0.05) is 0 Å².